The first kappa shape index (κ1) is 18.2. The molecule has 0 aliphatic heterocycles. The fourth-order valence-corrected chi connectivity index (χ4v) is 2.76. The number of hydrogen-bond acceptors (Lipinski definition) is 5. The number of nitrogens with one attached hydrogen (secondary N) is 2. The van der Waals surface area contributed by atoms with Crippen molar-refractivity contribution in [3.05, 3.63) is 96.5 Å². The third-order valence-electron chi connectivity index (χ3n) is 4.15. The first-order valence-corrected chi connectivity index (χ1v) is 8.85. The molecule has 0 spiro atoms. The molecule has 0 saturated carbocycles. The highest BCUT2D eigenvalue weighted by Crippen LogP contribution is 2.15. The van der Waals surface area contributed by atoms with Crippen LogP contribution in [0.25, 0.3) is 0 Å². The SMILES string of the molecule is O=C(Nc1cccc(Cn2cncn2)c1)c1ccc(NC(=O)c2ccco2)cc1. The molecule has 2 heterocycles. The lowest BCUT2D eigenvalue weighted by Crippen LogP contribution is -2.13. The minimum absolute atomic E-state index is 0.220. The number of anilines is 2. The standard InChI is InChI=1S/C21H17N5O3/c27-20(25-18-4-1-3-15(11-18)12-26-14-22-13-23-26)16-6-8-17(9-7-16)24-21(28)19-5-2-10-29-19/h1-11,13-14H,12H2,(H,24,28)(H,25,27). The number of benzene rings is 2. The molecule has 0 aliphatic rings. The van der Waals surface area contributed by atoms with Crippen LogP contribution in [0.2, 0.25) is 0 Å². The number of nitrogens with zero attached hydrogens (tertiary/aromatic N) is 3. The molecule has 2 N–H and O–H groups in total. The van der Waals surface area contributed by atoms with Crippen molar-refractivity contribution in [3.8, 4) is 0 Å². The highest BCUT2D eigenvalue weighted by molar-refractivity contribution is 6.05. The van der Waals surface area contributed by atoms with E-state index >= 15 is 0 Å². The summed E-state index contributed by atoms with van der Waals surface area (Å²) in [6, 6.07) is 17.4. The second kappa shape index (κ2) is 8.22. The number of hydrogen-bond donors (Lipinski definition) is 2. The van der Waals surface area contributed by atoms with Crippen LogP contribution in [-0.4, -0.2) is 26.6 Å². The predicted molar refractivity (Wildman–Crippen MR) is 107 cm³/mol. The van der Waals surface area contributed by atoms with Gasteiger partial charge in [-0.2, -0.15) is 5.10 Å². The molecular weight excluding hydrogens is 370 g/mol. The van der Waals surface area contributed by atoms with Gasteiger partial charge in [-0.3, -0.25) is 9.59 Å². The van der Waals surface area contributed by atoms with Gasteiger partial charge in [-0.1, -0.05) is 12.1 Å². The molecular formula is C21H17N5O3. The number of carbonyl (C=O) groups is 2. The molecule has 8 heteroatoms. The fourth-order valence-electron chi connectivity index (χ4n) is 2.76. The minimum Gasteiger partial charge on any atom is -0.459 e. The normalized spacial score (nSPS) is 10.5. The molecule has 0 fully saturated rings. The number of carbonyl (C=O) groups excluding carboxylic acids is 2. The smallest absolute Gasteiger partial charge is 0.291 e. The van der Waals surface area contributed by atoms with E-state index in [4.69, 9.17) is 4.42 Å². The maximum atomic E-state index is 12.5. The average Bonchev–Trinajstić information content (AvgIpc) is 3.43. The van der Waals surface area contributed by atoms with Gasteiger partial charge in [0, 0.05) is 16.9 Å². The molecule has 0 aliphatic carbocycles. The summed E-state index contributed by atoms with van der Waals surface area (Å²) in [4.78, 5) is 28.4. The quantitative estimate of drug-likeness (QED) is 0.528. The molecule has 8 nitrogen and oxygen atoms in total. The van der Waals surface area contributed by atoms with Gasteiger partial charge in [-0.15, -0.1) is 0 Å². The first-order valence-electron chi connectivity index (χ1n) is 8.85. The van der Waals surface area contributed by atoms with Gasteiger partial charge in [0.25, 0.3) is 11.8 Å². The Bertz CT molecular complexity index is 1100. The Morgan fingerprint density at radius 1 is 0.931 bits per heavy atom. The van der Waals surface area contributed by atoms with E-state index in [0.717, 1.165) is 5.56 Å². The van der Waals surface area contributed by atoms with E-state index in [1.54, 1.807) is 47.4 Å². The maximum Gasteiger partial charge on any atom is 0.291 e. The van der Waals surface area contributed by atoms with Crippen molar-refractivity contribution < 1.29 is 14.0 Å². The monoisotopic (exact) mass is 387 g/mol. The molecule has 0 unspecified atom stereocenters. The van der Waals surface area contributed by atoms with Gasteiger partial charge in [0.15, 0.2) is 5.76 Å². The van der Waals surface area contributed by atoms with Crippen molar-refractivity contribution >= 4 is 23.2 Å². The third kappa shape index (κ3) is 4.56. The van der Waals surface area contributed by atoms with E-state index in [1.165, 1.54) is 12.6 Å². The van der Waals surface area contributed by atoms with Crippen LogP contribution in [-0.2, 0) is 6.54 Å². The van der Waals surface area contributed by atoms with Crippen LogP contribution in [0.5, 0.6) is 0 Å². The topological polar surface area (TPSA) is 102 Å². The Kier molecular flexibility index (Phi) is 5.15. The second-order valence-electron chi connectivity index (χ2n) is 6.26. The van der Waals surface area contributed by atoms with Crippen molar-refractivity contribution in [1.82, 2.24) is 14.8 Å². The summed E-state index contributed by atoms with van der Waals surface area (Å²) in [5, 5.41) is 9.66. The van der Waals surface area contributed by atoms with E-state index in [2.05, 4.69) is 20.7 Å². The van der Waals surface area contributed by atoms with Gasteiger partial charge >= 0.3 is 0 Å². The molecule has 2 aromatic heterocycles. The van der Waals surface area contributed by atoms with Crippen LogP contribution < -0.4 is 10.6 Å². The summed E-state index contributed by atoms with van der Waals surface area (Å²) in [6.07, 6.45) is 4.55. The van der Waals surface area contributed by atoms with Crippen LogP contribution in [0.15, 0.2) is 84.0 Å². The lowest BCUT2D eigenvalue weighted by molar-refractivity contribution is 0.0995. The van der Waals surface area contributed by atoms with E-state index in [1.807, 2.05) is 24.3 Å². The highest BCUT2D eigenvalue weighted by Gasteiger charge is 2.10. The van der Waals surface area contributed by atoms with Crippen LogP contribution in [0, 0.1) is 0 Å². The van der Waals surface area contributed by atoms with Gasteiger partial charge in [-0.05, 0) is 54.1 Å². The summed E-state index contributed by atoms with van der Waals surface area (Å²) >= 11 is 0. The second-order valence-corrected chi connectivity index (χ2v) is 6.26. The average molecular weight is 387 g/mol. The molecule has 0 bridgehead atoms. The van der Waals surface area contributed by atoms with Crippen LogP contribution in [0.4, 0.5) is 11.4 Å². The number of furan rings is 1. The van der Waals surface area contributed by atoms with Crippen LogP contribution in [0.3, 0.4) is 0 Å². The maximum absolute atomic E-state index is 12.5. The van der Waals surface area contributed by atoms with Crippen LogP contribution in [0.1, 0.15) is 26.5 Å². The zero-order valence-corrected chi connectivity index (χ0v) is 15.3. The zero-order chi connectivity index (χ0) is 20.1. The van der Waals surface area contributed by atoms with Crippen molar-refractivity contribution in [1.29, 1.82) is 0 Å². The van der Waals surface area contributed by atoms with Gasteiger partial charge in [0.1, 0.15) is 12.7 Å². The molecule has 29 heavy (non-hydrogen) atoms. The summed E-state index contributed by atoms with van der Waals surface area (Å²) in [5.41, 5.74) is 2.72. The molecule has 4 rings (SSSR count). The minimum atomic E-state index is -0.351. The molecule has 2 amide bonds. The Hall–Kier alpha value is -4.20. The van der Waals surface area contributed by atoms with Crippen molar-refractivity contribution in [2.75, 3.05) is 10.6 Å². The number of aromatic nitrogens is 3. The first-order chi connectivity index (χ1) is 14.2. The lowest BCUT2D eigenvalue weighted by atomic mass is 10.1. The Morgan fingerprint density at radius 2 is 1.76 bits per heavy atom. The Labute approximate surface area is 166 Å². The highest BCUT2D eigenvalue weighted by atomic mass is 16.3. The van der Waals surface area contributed by atoms with E-state index < -0.39 is 0 Å². The number of amides is 2. The van der Waals surface area contributed by atoms with Crippen LogP contribution >= 0.6 is 0 Å². The number of rotatable bonds is 6. The van der Waals surface area contributed by atoms with Crippen molar-refractivity contribution in [2.24, 2.45) is 0 Å². The van der Waals surface area contributed by atoms with E-state index in [-0.39, 0.29) is 17.6 Å². The Balaban J connectivity index is 1.39. The summed E-state index contributed by atoms with van der Waals surface area (Å²) in [7, 11) is 0. The fraction of sp³-hybridized carbons (Fsp3) is 0.0476. The molecule has 0 saturated heterocycles. The molecule has 0 atom stereocenters. The molecule has 144 valence electrons. The third-order valence-corrected chi connectivity index (χ3v) is 4.15. The summed E-state index contributed by atoms with van der Waals surface area (Å²) in [5.74, 6) is -0.374. The zero-order valence-electron chi connectivity index (χ0n) is 15.3. The predicted octanol–water partition coefficient (Wildman–Crippen LogP) is 3.42. The van der Waals surface area contributed by atoms with E-state index in [0.29, 0.717) is 23.5 Å². The molecule has 0 radical (unpaired) electrons. The molecule has 2 aromatic carbocycles. The van der Waals surface area contributed by atoms with Crippen molar-refractivity contribution in [2.45, 2.75) is 6.54 Å². The van der Waals surface area contributed by atoms with Gasteiger partial charge in [0.05, 0.1) is 12.8 Å². The van der Waals surface area contributed by atoms with Crippen molar-refractivity contribution in [3.63, 3.8) is 0 Å². The van der Waals surface area contributed by atoms with E-state index in [9.17, 15) is 9.59 Å². The van der Waals surface area contributed by atoms with Gasteiger partial charge in [-0.25, -0.2) is 9.67 Å². The van der Waals surface area contributed by atoms with Gasteiger partial charge in [0.2, 0.25) is 0 Å². The Morgan fingerprint density at radius 3 is 2.48 bits per heavy atom. The largest absolute Gasteiger partial charge is 0.459 e. The molecule has 4 aromatic rings. The van der Waals surface area contributed by atoms with Gasteiger partial charge < -0.3 is 15.1 Å². The summed E-state index contributed by atoms with van der Waals surface area (Å²) < 4.78 is 6.76. The lowest BCUT2D eigenvalue weighted by Gasteiger charge is -2.09. The summed E-state index contributed by atoms with van der Waals surface area (Å²) in [6.45, 7) is 0.563.